The fourth-order valence-corrected chi connectivity index (χ4v) is 4.93. The summed E-state index contributed by atoms with van der Waals surface area (Å²) < 4.78 is 0. The van der Waals surface area contributed by atoms with E-state index < -0.39 is 0 Å². The van der Waals surface area contributed by atoms with E-state index in [1.165, 1.54) is 25.7 Å². The monoisotopic (exact) mass is 298 g/mol. The molecule has 2 aliphatic carbocycles. The van der Waals surface area contributed by atoms with Crippen LogP contribution in [-0.4, -0.2) is 57.3 Å². The number of aromatic nitrogens is 4. The maximum Gasteiger partial charge on any atom is 0.160 e. The van der Waals surface area contributed by atoms with E-state index in [1.807, 2.05) is 6.20 Å². The summed E-state index contributed by atoms with van der Waals surface area (Å²) in [6.07, 6.45) is 9.37. The third-order valence-corrected chi connectivity index (χ3v) is 6.01. The van der Waals surface area contributed by atoms with Crippen LogP contribution < -0.4 is 4.90 Å². The molecule has 2 bridgehead atoms. The van der Waals surface area contributed by atoms with Gasteiger partial charge in [0.2, 0.25) is 0 Å². The molecule has 3 fully saturated rings. The van der Waals surface area contributed by atoms with E-state index in [9.17, 15) is 0 Å². The van der Waals surface area contributed by atoms with Gasteiger partial charge in [-0.1, -0.05) is 6.42 Å². The van der Waals surface area contributed by atoms with Crippen LogP contribution in [0.3, 0.4) is 0 Å². The molecule has 2 aromatic heterocycles. The Labute approximate surface area is 129 Å². The Morgan fingerprint density at radius 3 is 2.73 bits per heavy atom. The van der Waals surface area contributed by atoms with E-state index in [1.54, 1.807) is 6.33 Å². The van der Waals surface area contributed by atoms with Gasteiger partial charge in [-0.05, 0) is 31.1 Å². The molecule has 6 nitrogen and oxygen atoms in total. The van der Waals surface area contributed by atoms with Gasteiger partial charge in [0.25, 0.3) is 0 Å². The quantitative estimate of drug-likeness (QED) is 0.914. The predicted molar refractivity (Wildman–Crippen MR) is 84.7 cm³/mol. The number of anilines is 1. The molecule has 1 saturated heterocycles. The molecule has 22 heavy (non-hydrogen) atoms. The molecule has 5 rings (SSSR count). The van der Waals surface area contributed by atoms with Crippen LogP contribution in [0.1, 0.15) is 25.7 Å². The molecule has 3 aliphatic rings. The lowest BCUT2D eigenvalue weighted by atomic mass is 9.93. The predicted octanol–water partition coefficient (Wildman–Crippen LogP) is 1.66. The molecule has 2 saturated carbocycles. The first-order valence-electron chi connectivity index (χ1n) is 8.51. The summed E-state index contributed by atoms with van der Waals surface area (Å²) in [4.78, 5) is 13.9. The zero-order chi connectivity index (χ0) is 14.5. The minimum atomic E-state index is 0.834. The van der Waals surface area contributed by atoms with Gasteiger partial charge in [0.1, 0.15) is 12.1 Å². The average Bonchev–Trinajstić information content (AvgIpc) is 3.30. The molecule has 116 valence electrons. The van der Waals surface area contributed by atoms with Gasteiger partial charge in [-0.15, -0.1) is 0 Å². The highest BCUT2D eigenvalue weighted by Crippen LogP contribution is 2.46. The van der Waals surface area contributed by atoms with Crippen molar-refractivity contribution >= 4 is 16.9 Å². The van der Waals surface area contributed by atoms with E-state index >= 15 is 0 Å². The van der Waals surface area contributed by atoms with E-state index in [2.05, 4.69) is 30.0 Å². The number of nitrogens with one attached hydrogen (secondary N) is 1. The highest BCUT2D eigenvalue weighted by molar-refractivity contribution is 5.86. The van der Waals surface area contributed by atoms with E-state index in [0.717, 1.165) is 60.9 Å². The molecule has 0 radical (unpaired) electrons. The number of hydrogen-bond acceptors (Lipinski definition) is 5. The maximum absolute atomic E-state index is 4.50. The van der Waals surface area contributed by atoms with Crippen molar-refractivity contribution in [2.45, 2.75) is 31.7 Å². The fraction of sp³-hybridized carbons (Fsp3) is 0.688. The number of nitrogens with zero attached hydrogens (tertiary/aromatic N) is 5. The first-order chi connectivity index (χ1) is 10.9. The second kappa shape index (κ2) is 4.91. The molecule has 6 heteroatoms. The largest absolute Gasteiger partial charge is 0.353 e. The van der Waals surface area contributed by atoms with Gasteiger partial charge >= 0.3 is 0 Å². The Morgan fingerprint density at radius 2 is 1.95 bits per heavy atom. The number of hydrogen-bond donors (Lipinski definition) is 1. The van der Waals surface area contributed by atoms with Crippen LogP contribution >= 0.6 is 0 Å². The van der Waals surface area contributed by atoms with Crippen LogP contribution in [0.25, 0.3) is 11.0 Å². The summed E-state index contributed by atoms with van der Waals surface area (Å²) in [6, 6.07) is 0.861. The number of H-pyrrole nitrogens is 1. The third-order valence-electron chi connectivity index (χ3n) is 6.01. The van der Waals surface area contributed by atoms with Crippen LogP contribution in [0.15, 0.2) is 12.5 Å². The van der Waals surface area contributed by atoms with Gasteiger partial charge in [-0.2, -0.15) is 5.10 Å². The molecule has 0 aromatic carbocycles. The molecule has 0 unspecified atom stereocenters. The summed E-state index contributed by atoms with van der Waals surface area (Å²) in [5.41, 5.74) is 0.834. The molecule has 0 amide bonds. The van der Waals surface area contributed by atoms with Gasteiger partial charge in [-0.3, -0.25) is 10.00 Å². The topological polar surface area (TPSA) is 60.9 Å². The van der Waals surface area contributed by atoms with Gasteiger partial charge < -0.3 is 4.90 Å². The standard InChI is InChI=1S/C16H22N6/c1-2-12-7-11(1)8-14(12)21-3-5-22(6-4-21)16-13-9-19-20-15(13)17-10-18-16/h9-12,14H,1-8H2,(H,17,18,19,20)/t11-,12-,14+/m0/s1. The van der Waals surface area contributed by atoms with Crippen molar-refractivity contribution in [3.05, 3.63) is 12.5 Å². The second-order valence-corrected chi connectivity index (χ2v) is 7.09. The average molecular weight is 298 g/mol. The lowest BCUT2D eigenvalue weighted by Crippen LogP contribution is -2.52. The van der Waals surface area contributed by atoms with Crippen molar-refractivity contribution in [3.63, 3.8) is 0 Å². The minimum absolute atomic E-state index is 0.834. The van der Waals surface area contributed by atoms with Crippen molar-refractivity contribution in [2.75, 3.05) is 31.1 Å². The number of piperazine rings is 1. The Bertz CT molecular complexity index is 674. The van der Waals surface area contributed by atoms with E-state index in [0.29, 0.717) is 0 Å². The number of rotatable bonds is 2. The summed E-state index contributed by atoms with van der Waals surface area (Å²) >= 11 is 0. The molecule has 3 heterocycles. The molecule has 1 aliphatic heterocycles. The second-order valence-electron chi connectivity index (χ2n) is 7.09. The smallest absolute Gasteiger partial charge is 0.160 e. The first kappa shape index (κ1) is 12.8. The van der Waals surface area contributed by atoms with Crippen LogP contribution in [0.4, 0.5) is 5.82 Å². The SMILES string of the molecule is c1nc(N2CCN([C@@H]3C[C@H]4CC[C@H]3C4)CC2)c2cn[nH]c2n1. The molecular formula is C16H22N6. The maximum atomic E-state index is 4.50. The van der Waals surface area contributed by atoms with Crippen molar-refractivity contribution in [3.8, 4) is 0 Å². The zero-order valence-electron chi connectivity index (χ0n) is 12.8. The Kier molecular flexibility index (Phi) is 2.86. The Hall–Kier alpha value is -1.69. The lowest BCUT2D eigenvalue weighted by molar-refractivity contribution is 0.135. The number of aromatic amines is 1. The highest BCUT2D eigenvalue weighted by atomic mass is 15.3. The highest BCUT2D eigenvalue weighted by Gasteiger charge is 2.42. The Balaban J connectivity index is 1.31. The van der Waals surface area contributed by atoms with Crippen molar-refractivity contribution < 1.29 is 0 Å². The fourth-order valence-electron chi connectivity index (χ4n) is 4.93. The van der Waals surface area contributed by atoms with Crippen LogP contribution in [-0.2, 0) is 0 Å². The van der Waals surface area contributed by atoms with Crippen molar-refractivity contribution in [1.29, 1.82) is 0 Å². The Morgan fingerprint density at radius 1 is 1.05 bits per heavy atom. The van der Waals surface area contributed by atoms with Crippen molar-refractivity contribution in [1.82, 2.24) is 25.1 Å². The van der Waals surface area contributed by atoms with Gasteiger partial charge in [0.15, 0.2) is 5.65 Å². The summed E-state index contributed by atoms with van der Waals surface area (Å²) in [5, 5.41) is 8.07. The lowest BCUT2D eigenvalue weighted by Gasteiger charge is -2.41. The molecular weight excluding hydrogens is 276 g/mol. The summed E-state index contributed by atoms with van der Waals surface area (Å²) in [7, 11) is 0. The number of fused-ring (bicyclic) bond motifs is 3. The normalized spacial score (nSPS) is 32.2. The van der Waals surface area contributed by atoms with Crippen LogP contribution in [0.2, 0.25) is 0 Å². The molecule has 0 spiro atoms. The third kappa shape index (κ3) is 1.93. The zero-order valence-corrected chi connectivity index (χ0v) is 12.8. The minimum Gasteiger partial charge on any atom is -0.353 e. The molecule has 3 atom stereocenters. The van der Waals surface area contributed by atoms with Crippen molar-refractivity contribution in [2.24, 2.45) is 11.8 Å². The van der Waals surface area contributed by atoms with Gasteiger partial charge in [0, 0.05) is 32.2 Å². The van der Waals surface area contributed by atoms with E-state index in [4.69, 9.17) is 0 Å². The summed E-state index contributed by atoms with van der Waals surface area (Å²) in [6.45, 7) is 4.45. The molecule has 2 aromatic rings. The summed E-state index contributed by atoms with van der Waals surface area (Å²) in [5.74, 6) is 3.04. The van der Waals surface area contributed by atoms with Crippen LogP contribution in [0.5, 0.6) is 0 Å². The first-order valence-corrected chi connectivity index (χ1v) is 8.51. The van der Waals surface area contributed by atoms with Crippen LogP contribution in [0, 0.1) is 11.8 Å². The molecule has 1 N–H and O–H groups in total. The van der Waals surface area contributed by atoms with Gasteiger partial charge in [-0.25, -0.2) is 9.97 Å². The van der Waals surface area contributed by atoms with E-state index in [-0.39, 0.29) is 0 Å². The van der Waals surface area contributed by atoms with Gasteiger partial charge in [0.05, 0.1) is 11.6 Å².